The van der Waals surface area contributed by atoms with Crippen LogP contribution in [0.15, 0.2) is 71.5 Å². The van der Waals surface area contributed by atoms with Crippen LogP contribution < -0.4 is 5.32 Å². The van der Waals surface area contributed by atoms with Gasteiger partial charge in [-0.05, 0) is 37.4 Å². The number of nitrogens with zero attached hydrogens (tertiary/aromatic N) is 3. The molecule has 5 heterocycles. The fourth-order valence-electron chi connectivity index (χ4n) is 5.61. The SMILES string of the molecule is CN1C[C@@H](c2ccccn2)[C@@]2(SC(=S)N(Cc3ccco3)C2=O)[C@@]12C(=O)Nc1ccccc12. The second kappa shape index (κ2) is 7.24. The number of pyridine rings is 1. The van der Waals surface area contributed by atoms with Crippen LogP contribution in [0.5, 0.6) is 0 Å². The van der Waals surface area contributed by atoms with E-state index in [0.29, 0.717) is 16.6 Å². The average Bonchev–Trinajstić information content (AvgIpc) is 3.55. The van der Waals surface area contributed by atoms with Gasteiger partial charge in [-0.15, -0.1) is 0 Å². The smallest absolute Gasteiger partial charge is 0.251 e. The first kappa shape index (κ1) is 20.6. The zero-order chi connectivity index (χ0) is 22.8. The van der Waals surface area contributed by atoms with Crippen LogP contribution in [0.1, 0.15) is 22.9 Å². The Kier molecular flexibility index (Phi) is 4.52. The van der Waals surface area contributed by atoms with Gasteiger partial charge in [0, 0.05) is 35.6 Å². The highest BCUT2D eigenvalue weighted by Gasteiger charge is 2.78. The number of rotatable bonds is 3. The number of nitrogens with one attached hydrogen (secondary N) is 1. The van der Waals surface area contributed by atoms with Crippen molar-refractivity contribution in [3.8, 4) is 0 Å². The van der Waals surface area contributed by atoms with E-state index in [1.165, 1.54) is 11.8 Å². The summed E-state index contributed by atoms with van der Waals surface area (Å²) in [5.74, 6) is -0.124. The Morgan fingerprint density at radius 1 is 1.18 bits per heavy atom. The van der Waals surface area contributed by atoms with E-state index < -0.39 is 10.3 Å². The minimum atomic E-state index is -1.23. The Hall–Kier alpha value is -3.01. The summed E-state index contributed by atoms with van der Waals surface area (Å²) in [6, 6.07) is 16.9. The zero-order valence-corrected chi connectivity index (χ0v) is 19.4. The average molecular weight is 477 g/mol. The molecular weight excluding hydrogens is 456 g/mol. The number of likely N-dealkylation sites (tertiary alicyclic amines) is 1. The van der Waals surface area contributed by atoms with E-state index >= 15 is 0 Å². The molecule has 2 spiro atoms. The molecule has 0 radical (unpaired) electrons. The number of aromatic nitrogens is 1. The molecule has 2 fully saturated rings. The molecule has 3 aliphatic rings. The lowest BCUT2D eigenvalue weighted by molar-refractivity contribution is -0.138. The molecule has 0 saturated carbocycles. The lowest BCUT2D eigenvalue weighted by Crippen LogP contribution is -2.61. The van der Waals surface area contributed by atoms with Gasteiger partial charge in [-0.2, -0.15) is 0 Å². The number of carbonyl (C=O) groups is 2. The van der Waals surface area contributed by atoms with Gasteiger partial charge >= 0.3 is 0 Å². The predicted molar refractivity (Wildman–Crippen MR) is 129 cm³/mol. The number of likely N-dealkylation sites (N-methyl/N-ethyl adjacent to an activating group) is 1. The fraction of sp³-hybridized carbons (Fsp3) is 0.250. The number of benzene rings is 1. The van der Waals surface area contributed by atoms with Gasteiger partial charge in [0.2, 0.25) is 5.91 Å². The maximum atomic E-state index is 14.5. The lowest BCUT2D eigenvalue weighted by atomic mass is 9.73. The van der Waals surface area contributed by atoms with Crippen LogP contribution in [-0.2, 0) is 21.7 Å². The van der Waals surface area contributed by atoms with E-state index in [1.54, 1.807) is 23.4 Å². The van der Waals surface area contributed by atoms with Crippen molar-refractivity contribution in [1.29, 1.82) is 0 Å². The minimum Gasteiger partial charge on any atom is -0.467 e. The maximum Gasteiger partial charge on any atom is 0.251 e. The summed E-state index contributed by atoms with van der Waals surface area (Å²) in [5.41, 5.74) is 1.05. The molecular formula is C24H20N4O3S2. The first-order valence-corrected chi connectivity index (χ1v) is 11.8. The summed E-state index contributed by atoms with van der Waals surface area (Å²) in [4.78, 5) is 36.5. The van der Waals surface area contributed by atoms with Crippen molar-refractivity contribution in [1.82, 2.24) is 14.8 Å². The standard InChI is InChI=1S/C24H20N4O3S2/c1-27-14-17(18-9-4-5-11-25-18)24(23(27)16-8-2-3-10-19(16)26-20(23)29)21(30)28(22(32)33-24)13-15-7-6-12-31-15/h2-12,17H,13-14H2,1H3,(H,26,29)/t17-,23+,24-/m0/s1. The highest BCUT2D eigenvalue weighted by molar-refractivity contribution is 8.25. The molecule has 7 nitrogen and oxygen atoms in total. The normalized spacial score (nSPS) is 28.8. The number of carbonyl (C=O) groups excluding carboxylic acids is 2. The van der Waals surface area contributed by atoms with Crippen LogP contribution in [0.3, 0.4) is 0 Å². The lowest BCUT2D eigenvalue weighted by Gasteiger charge is -2.41. The second-order valence-electron chi connectivity index (χ2n) is 8.47. The molecule has 2 amide bonds. The Labute approximate surface area is 200 Å². The van der Waals surface area contributed by atoms with Crippen LogP contribution in [0.4, 0.5) is 5.69 Å². The summed E-state index contributed by atoms with van der Waals surface area (Å²) < 4.78 is 4.73. The van der Waals surface area contributed by atoms with Crippen molar-refractivity contribution in [3.63, 3.8) is 0 Å². The number of hydrogen-bond acceptors (Lipinski definition) is 7. The van der Waals surface area contributed by atoms with Gasteiger partial charge in [-0.25, -0.2) is 0 Å². The van der Waals surface area contributed by atoms with E-state index in [1.807, 2.05) is 60.5 Å². The third-order valence-electron chi connectivity index (χ3n) is 6.92. The van der Waals surface area contributed by atoms with E-state index in [4.69, 9.17) is 16.6 Å². The minimum absolute atomic E-state index is 0.194. The molecule has 3 aliphatic heterocycles. The molecule has 1 aromatic carbocycles. The Morgan fingerprint density at radius 3 is 2.76 bits per heavy atom. The molecule has 2 aromatic heterocycles. The topological polar surface area (TPSA) is 78.7 Å². The molecule has 0 aliphatic carbocycles. The second-order valence-corrected chi connectivity index (χ2v) is 10.4. The third kappa shape index (κ3) is 2.55. The fourth-order valence-corrected chi connectivity index (χ4v) is 7.73. The molecule has 2 saturated heterocycles. The highest BCUT2D eigenvalue weighted by atomic mass is 32.2. The summed E-state index contributed by atoms with van der Waals surface area (Å²) in [5, 5.41) is 3.03. The van der Waals surface area contributed by atoms with Crippen LogP contribution >= 0.6 is 24.0 Å². The van der Waals surface area contributed by atoms with Crippen molar-refractivity contribution in [2.24, 2.45) is 0 Å². The van der Waals surface area contributed by atoms with Crippen LogP contribution in [-0.4, -0.2) is 49.3 Å². The summed E-state index contributed by atoms with van der Waals surface area (Å²) in [7, 11) is 1.90. The van der Waals surface area contributed by atoms with Crippen molar-refractivity contribution < 1.29 is 14.0 Å². The quantitative estimate of drug-likeness (QED) is 0.581. The molecule has 0 bridgehead atoms. The number of thiocarbonyl (C=S) groups is 1. The highest BCUT2D eigenvalue weighted by Crippen LogP contribution is 2.65. The van der Waals surface area contributed by atoms with Gasteiger partial charge in [-0.3, -0.25) is 24.4 Å². The van der Waals surface area contributed by atoms with Gasteiger partial charge in [0.1, 0.15) is 14.8 Å². The Bertz CT molecular complexity index is 1280. The van der Waals surface area contributed by atoms with Crippen molar-refractivity contribution in [2.75, 3.05) is 18.9 Å². The maximum absolute atomic E-state index is 14.5. The molecule has 0 unspecified atom stereocenters. The number of thioether (sulfide) groups is 1. The predicted octanol–water partition coefficient (Wildman–Crippen LogP) is 3.35. The number of para-hydroxylation sites is 1. The monoisotopic (exact) mass is 476 g/mol. The number of amides is 2. The summed E-state index contributed by atoms with van der Waals surface area (Å²) >= 11 is 7.06. The number of hydrogen-bond donors (Lipinski definition) is 1. The zero-order valence-electron chi connectivity index (χ0n) is 17.7. The van der Waals surface area contributed by atoms with Crippen molar-refractivity contribution >= 4 is 45.8 Å². The van der Waals surface area contributed by atoms with Crippen LogP contribution in [0.25, 0.3) is 0 Å². The summed E-state index contributed by atoms with van der Waals surface area (Å²) in [6.45, 7) is 0.701. The summed E-state index contributed by atoms with van der Waals surface area (Å²) in [6.07, 6.45) is 3.30. The van der Waals surface area contributed by atoms with E-state index in [2.05, 4.69) is 10.3 Å². The van der Waals surface area contributed by atoms with Gasteiger partial charge in [0.25, 0.3) is 5.91 Å². The number of anilines is 1. The first-order chi connectivity index (χ1) is 16.0. The van der Waals surface area contributed by atoms with Crippen molar-refractivity contribution in [2.45, 2.75) is 22.7 Å². The molecule has 6 rings (SSSR count). The first-order valence-electron chi connectivity index (χ1n) is 10.6. The van der Waals surface area contributed by atoms with Gasteiger partial charge in [-0.1, -0.05) is 48.2 Å². The Balaban J connectivity index is 1.59. The van der Waals surface area contributed by atoms with Gasteiger partial charge in [0.15, 0.2) is 5.54 Å². The molecule has 3 atom stereocenters. The van der Waals surface area contributed by atoms with E-state index in [9.17, 15) is 9.59 Å². The number of furan rings is 1. The molecule has 33 heavy (non-hydrogen) atoms. The molecule has 166 valence electrons. The van der Waals surface area contributed by atoms with E-state index in [-0.39, 0.29) is 24.3 Å². The largest absolute Gasteiger partial charge is 0.467 e. The van der Waals surface area contributed by atoms with Gasteiger partial charge < -0.3 is 9.73 Å². The third-order valence-corrected chi connectivity index (χ3v) is 8.86. The van der Waals surface area contributed by atoms with Crippen molar-refractivity contribution in [3.05, 3.63) is 84.1 Å². The van der Waals surface area contributed by atoms with Crippen LogP contribution in [0, 0.1) is 0 Å². The number of fused-ring (bicyclic) bond motifs is 3. The Morgan fingerprint density at radius 2 is 2.00 bits per heavy atom. The molecule has 3 aromatic rings. The van der Waals surface area contributed by atoms with Gasteiger partial charge in [0.05, 0.1) is 12.8 Å². The molecule has 1 N–H and O–H groups in total. The molecule has 9 heteroatoms. The van der Waals surface area contributed by atoms with Crippen LogP contribution in [0.2, 0.25) is 0 Å². The van der Waals surface area contributed by atoms with E-state index in [0.717, 1.165) is 16.9 Å².